The van der Waals surface area contributed by atoms with Crippen molar-refractivity contribution in [3.8, 4) is 0 Å². The number of H-pyrrole nitrogens is 1. The van der Waals surface area contributed by atoms with Gasteiger partial charge in [-0.1, -0.05) is 6.07 Å². The van der Waals surface area contributed by atoms with Crippen LogP contribution in [0.1, 0.15) is 39.7 Å². The molecule has 1 amide bonds. The average molecular weight is 269 g/mol. The second-order valence-corrected chi connectivity index (χ2v) is 4.97. The van der Waals surface area contributed by atoms with Crippen molar-refractivity contribution < 1.29 is 4.79 Å². The zero-order valence-electron chi connectivity index (χ0n) is 12.2. The van der Waals surface area contributed by atoms with Crippen molar-refractivity contribution in [2.24, 2.45) is 5.10 Å². The highest BCUT2D eigenvalue weighted by Gasteiger charge is 2.07. The Bertz CT molecular complexity index is 655. The molecule has 1 aromatic carbocycles. The fraction of sp³-hybridized carbons (Fsp3) is 0.250. The lowest BCUT2D eigenvalue weighted by Crippen LogP contribution is -2.19. The molecule has 2 rings (SSSR count). The lowest BCUT2D eigenvalue weighted by Gasteiger charge is -2.09. The van der Waals surface area contributed by atoms with Gasteiger partial charge in [0, 0.05) is 11.8 Å². The lowest BCUT2D eigenvalue weighted by atomic mass is 9.98. The number of aryl methyl sites for hydroxylation is 3. The third-order valence-corrected chi connectivity index (χ3v) is 3.40. The van der Waals surface area contributed by atoms with Crippen LogP contribution in [0.25, 0.3) is 0 Å². The Morgan fingerprint density at radius 2 is 1.85 bits per heavy atom. The van der Waals surface area contributed by atoms with Crippen LogP contribution in [0.3, 0.4) is 0 Å². The van der Waals surface area contributed by atoms with Crippen molar-refractivity contribution in [3.05, 3.63) is 58.4 Å². The predicted molar refractivity (Wildman–Crippen MR) is 81.1 cm³/mol. The first-order valence-electron chi connectivity index (χ1n) is 6.55. The van der Waals surface area contributed by atoms with Crippen molar-refractivity contribution in [2.75, 3.05) is 0 Å². The molecule has 2 N–H and O–H groups in total. The summed E-state index contributed by atoms with van der Waals surface area (Å²) in [6.07, 6.45) is 1.71. The van der Waals surface area contributed by atoms with E-state index in [-0.39, 0.29) is 5.91 Å². The average Bonchev–Trinajstić information content (AvgIpc) is 2.94. The number of hydrogen-bond donors (Lipinski definition) is 2. The number of nitrogens with one attached hydrogen (secondary N) is 2. The molecule has 104 valence electrons. The maximum Gasteiger partial charge on any atom is 0.287 e. The van der Waals surface area contributed by atoms with Gasteiger partial charge in [-0.25, -0.2) is 5.43 Å². The molecule has 0 bridgehead atoms. The quantitative estimate of drug-likeness (QED) is 0.653. The summed E-state index contributed by atoms with van der Waals surface area (Å²) >= 11 is 0. The van der Waals surface area contributed by atoms with Gasteiger partial charge in [0.1, 0.15) is 5.69 Å². The molecule has 0 saturated carbocycles. The molecule has 0 saturated heterocycles. The van der Waals surface area contributed by atoms with Crippen LogP contribution in [0.5, 0.6) is 0 Å². The van der Waals surface area contributed by atoms with Crippen LogP contribution < -0.4 is 5.43 Å². The van der Waals surface area contributed by atoms with Crippen LogP contribution in [0, 0.1) is 20.8 Å². The van der Waals surface area contributed by atoms with Crippen molar-refractivity contribution in [1.82, 2.24) is 10.4 Å². The smallest absolute Gasteiger partial charge is 0.287 e. The number of hydrogen-bond acceptors (Lipinski definition) is 2. The SMILES string of the molecule is C/C(=N/NC(=O)c1ccc[nH]1)c1cc(C)c(C)cc1C. The topological polar surface area (TPSA) is 57.2 Å². The molecule has 0 radical (unpaired) electrons. The number of benzene rings is 1. The highest BCUT2D eigenvalue weighted by atomic mass is 16.2. The molecule has 0 fully saturated rings. The number of aromatic amines is 1. The Morgan fingerprint density at radius 3 is 2.50 bits per heavy atom. The van der Waals surface area contributed by atoms with Crippen LogP contribution in [0.15, 0.2) is 35.6 Å². The summed E-state index contributed by atoms with van der Waals surface area (Å²) in [6, 6.07) is 7.72. The van der Waals surface area contributed by atoms with Gasteiger partial charge in [-0.3, -0.25) is 4.79 Å². The number of amides is 1. The molecule has 1 heterocycles. The maximum absolute atomic E-state index is 11.8. The number of nitrogens with zero attached hydrogens (tertiary/aromatic N) is 1. The molecule has 4 heteroatoms. The van der Waals surface area contributed by atoms with E-state index in [4.69, 9.17) is 0 Å². The fourth-order valence-corrected chi connectivity index (χ4v) is 2.08. The third-order valence-electron chi connectivity index (χ3n) is 3.40. The summed E-state index contributed by atoms with van der Waals surface area (Å²) in [6.45, 7) is 8.11. The molecule has 0 aliphatic heterocycles. The summed E-state index contributed by atoms with van der Waals surface area (Å²) in [5.74, 6) is -0.240. The summed E-state index contributed by atoms with van der Waals surface area (Å²) in [5.41, 5.74) is 8.55. The van der Waals surface area contributed by atoms with E-state index in [1.54, 1.807) is 18.3 Å². The summed E-state index contributed by atoms with van der Waals surface area (Å²) in [5, 5.41) is 4.18. The van der Waals surface area contributed by atoms with E-state index < -0.39 is 0 Å². The van der Waals surface area contributed by atoms with Gasteiger partial charge in [-0.2, -0.15) is 5.10 Å². The molecule has 0 unspecified atom stereocenters. The second kappa shape index (κ2) is 5.74. The lowest BCUT2D eigenvalue weighted by molar-refractivity contribution is 0.0950. The molecule has 0 spiro atoms. The van der Waals surface area contributed by atoms with E-state index in [1.165, 1.54) is 11.1 Å². The third kappa shape index (κ3) is 2.96. The van der Waals surface area contributed by atoms with Crippen LogP contribution in [-0.2, 0) is 0 Å². The van der Waals surface area contributed by atoms with Crippen molar-refractivity contribution >= 4 is 11.6 Å². The highest BCUT2D eigenvalue weighted by Crippen LogP contribution is 2.16. The van der Waals surface area contributed by atoms with E-state index in [2.05, 4.69) is 41.5 Å². The minimum Gasteiger partial charge on any atom is -0.357 e. The van der Waals surface area contributed by atoms with Gasteiger partial charge in [-0.05, 0) is 62.6 Å². The fourth-order valence-electron chi connectivity index (χ4n) is 2.08. The summed E-state index contributed by atoms with van der Waals surface area (Å²) in [4.78, 5) is 14.6. The Balaban J connectivity index is 2.19. The van der Waals surface area contributed by atoms with E-state index in [0.717, 1.165) is 16.8 Å². The summed E-state index contributed by atoms with van der Waals surface area (Å²) < 4.78 is 0. The number of rotatable bonds is 3. The van der Waals surface area contributed by atoms with Gasteiger partial charge in [0.25, 0.3) is 5.91 Å². The molecular formula is C16H19N3O. The highest BCUT2D eigenvalue weighted by molar-refractivity contribution is 6.01. The van der Waals surface area contributed by atoms with Gasteiger partial charge in [0.05, 0.1) is 5.71 Å². The Hall–Kier alpha value is -2.36. The first-order chi connectivity index (χ1) is 9.49. The zero-order valence-corrected chi connectivity index (χ0v) is 12.2. The van der Waals surface area contributed by atoms with Gasteiger partial charge in [0.2, 0.25) is 0 Å². The Kier molecular flexibility index (Phi) is 4.03. The van der Waals surface area contributed by atoms with Crippen molar-refractivity contribution in [3.63, 3.8) is 0 Å². The van der Waals surface area contributed by atoms with Crippen LogP contribution in [0.2, 0.25) is 0 Å². The Labute approximate surface area is 118 Å². The van der Waals surface area contributed by atoms with Crippen molar-refractivity contribution in [2.45, 2.75) is 27.7 Å². The molecule has 0 atom stereocenters. The van der Waals surface area contributed by atoms with Crippen LogP contribution >= 0.6 is 0 Å². The van der Waals surface area contributed by atoms with E-state index >= 15 is 0 Å². The van der Waals surface area contributed by atoms with Crippen LogP contribution in [0.4, 0.5) is 0 Å². The molecule has 2 aromatic rings. The van der Waals surface area contributed by atoms with Gasteiger partial charge < -0.3 is 4.98 Å². The molecule has 0 aliphatic carbocycles. The van der Waals surface area contributed by atoms with E-state index in [0.29, 0.717) is 5.69 Å². The number of aromatic nitrogens is 1. The standard InChI is InChI=1S/C16H19N3O/c1-10-8-12(3)14(9-11(10)2)13(4)18-19-16(20)15-6-5-7-17-15/h5-9,17H,1-4H3,(H,19,20)/b18-13-. The van der Waals surface area contributed by atoms with Crippen LogP contribution in [-0.4, -0.2) is 16.6 Å². The first-order valence-corrected chi connectivity index (χ1v) is 6.55. The number of carbonyl (C=O) groups excluding carboxylic acids is 1. The molecule has 1 aromatic heterocycles. The minimum atomic E-state index is -0.240. The minimum absolute atomic E-state index is 0.240. The van der Waals surface area contributed by atoms with Crippen molar-refractivity contribution in [1.29, 1.82) is 0 Å². The zero-order chi connectivity index (χ0) is 14.7. The van der Waals surface area contributed by atoms with Gasteiger partial charge in [0.15, 0.2) is 0 Å². The number of carbonyl (C=O) groups is 1. The predicted octanol–water partition coefficient (Wildman–Crippen LogP) is 3.09. The first kappa shape index (κ1) is 14.1. The maximum atomic E-state index is 11.8. The Morgan fingerprint density at radius 1 is 1.15 bits per heavy atom. The largest absolute Gasteiger partial charge is 0.357 e. The second-order valence-electron chi connectivity index (χ2n) is 4.97. The monoisotopic (exact) mass is 269 g/mol. The molecule has 4 nitrogen and oxygen atoms in total. The van der Waals surface area contributed by atoms with Gasteiger partial charge in [-0.15, -0.1) is 0 Å². The van der Waals surface area contributed by atoms with E-state index in [9.17, 15) is 4.79 Å². The molecule has 0 aliphatic rings. The number of hydrazone groups is 1. The van der Waals surface area contributed by atoms with Gasteiger partial charge >= 0.3 is 0 Å². The summed E-state index contributed by atoms with van der Waals surface area (Å²) in [7, 11) is 0. The molecular weight excluding hydrogens is 250 g/mol. The van der Waals surface area contributed by atoms with E-state index in [1.807, 2.05) is 13.8 Å². The molecule has 20 heavy (non-hydrogen) atoms. The normalized spacial score (nSPS) is 11.5.